The fourth-order valence-electron chi connectivity index (χ4n) is 3.55. The molecule has 2 fully saturated rings. The normalized spacial score (nSPS) is 29.3. The molecule has 0 bridgehead atoms. The Morgan fingerprint density at radius 2 is 2.00 bits per heavy atom. The third-order valence-electron chi connectivity index (χ3n) is 4.93. The first-order chi connectivity index (χ1) is 10.3. The highest BCUT2D eigenvalue weighted by molar-refractivity contribution is 5.75. The second-order valence-electron chi connectivity index (χ2n) is 6.60. The quantitative estimate of drug-likeness (QED) is 0.861. The average Bonchev–Trinajstić information content (AvgIpc) is 3.02. The highest BCUT2D eigenvalue weighted by Crippen LogP contribution is 2.40. The highest BCUT2D eigenvalue weighted by atomic mass is 16.5. The molecule has 1 heterocycles. The van der Waals surface area contributed by atoms with E-state index in [-0.39, 0.29) is 6.10 Å². The summed E-state index contributed by atoms with van der Waals surface area (Å²) in [5, 5.41) is 3.34. The van der Waals surface area contributed by atoms with Crippen LogP contribution in [0.25, 0.3) is 0 Å². The Hall–Kier alpha value is -1.35. The van der Waals surface area contributed by atoms with Crippen LogP contribution in [-0.2, 0) is 0 Å². The lowest BCUT2D eigenvalue weighted by Gasteiger charge is -2.28. The molecule has 0 amide bonds. The van der Waals surface area contributed by atoms with E-state index in [9.17, 15) is 4.79 Å². The van der Waals surface area contributed by atoms with Crippen molar-refractivity contribution >= 4 is 6.29 Å². The van der Waals surface area contributed by atoms with Crippen molar-refractivity contribution < 1.29 is 9.53 Å². The average molecular weight is 287 g/mol. The number of hydrogen-bond acceptors (Lipinski definition) is 3. The number of carbonyl (C=O) groups excluding carboxylic acids is 1. The standard InChI is InChI=1S/C18H25NO2/c1-13-2-5-15(6-3-13)17-10-14(12-20)4-7-18(17)21-16-8-9-19-11-16/h4,7,10,12-13,15-16,19H,2-3,5-6,8-9,11H2,1H3. The molecule has 3 rings (SSSR count). The van der Waals surface area contributed by atoms with Crippen LogP contribution in [0.3, 0.4) is 0 Å². The van der Waals surface area contributed by atoms with Gasteiger partial charge in [-0.05, 0) is 61.4 Å². The summed E-state index contributed by atoms with van der Waals surface area (Å²) in [6.07, 6.45) is 7.26. The molecule has 1 N–H and O–H groups in total. The Kier molecular flexibility index (Phi) is 4.59. The molecule has 1 saturated carbocycles. The van der Waals surface area contributed by atoms with Crippen molar-refractivity contribution in [1.29, 1.82) is 0 Å². The number of ether oxygens (including phenoxy) is 1. The van der Waals surface area contributed by atoms with Crippen LogP contribution in [0, 0.1) is 5.92 Å². The van der Waals surface area contributed by atoms with E-state index in [1.807, 2.05) is 18.2 Å². The Labute approximate surface area is 127 Å². The maximum Gasteiger partial charge on any atom is 0.150 e. The van der Waals surface area contributed by atoms with Gasteiger partial charge in [0.05, 0.1) is 0 Å². The van der Waals surface area contributed by atoms with Crippen LogP contribution in [0.1, 0.15) is 60.9 Å². The Bertz CT molecular complexity index is 486. The Morgan fingerprint density at radius 1 is 1.19 bits per heavy atom. The molecule has 2 aliphatic rings. The molecule has 1 atom stereocenters. The third kappa shape index (κ3) is 3.46. The molecule has 1 aliphatic heterocycles. The number of carbonyl (C=O) groups is 1. The number of nitrogens with one attached hydrogen (secondary N) is 1. The van der Waals surface area contributed by atoms with Gasteiger partial charge in [-0.3, -0.25) is 4.79 Å². The van der Waals surface area contributed by atoms with Crippen molar-refractivity contribution in [3.8, 4) is 5.75 Å². The smallest absolute Gasteiger partial charge is 0.150 e. The minimum Gasteiger partial charge on any atom is -0.489 e. The van der Waals surface area contributed by atoms with E-state index in [0.29, 0.717) is 5.92 Å². The van der Waals surface area contributed by atoms with Crippen molar-refractivity contribution in [3.63, 3.8) is 0 Å². The maximum atomic E-state index is 11.1. The largest absolute Gasteiger partial charge is 0.489 e. The van der Waals surface area contributed by atoms with E-state index < -0.39 is 0 Å². The van der Waals surface area contributed by atoms with Crippen LogP contribution in [-0.4, -0.2) is 25.5 Å². The van der Waals surface area contributed by atoms with Crippen molar-refractivity contribution in [1.82, 2.24) is 5.32 Å². The molecule has 0 radical (unpaired) electrons. The SMILES string of the molecule is CC1CCC(c2cc(C=O)ccc2OC2CCNC2)CC1. The molecule has 0 spiro atoms. The first-order valence-electron chi connectivity index (χ1n) is 8.22. The van der Waals surface area contributed by atoms with Gasteiger partial charge in [-0.25, -0.2) is 0 Å². The second-order valence-corrected chi connectivity index (χ2v) is 6.60. The molecular weight excluding hydrogens is 262 g/mol. The molecule has 1 unspecified atom stereocenters. The van der Waals surface area contributed by atoms with Gasteiger partial charge in [0, 0.05) is 12.1 Å². The Balaban J connectivity index is 1.82. The van der Waals surface area contributed by atoms with Crippen molar-refractivity contribution in [2.75, 3.05) is 13.1 Å². The van der Waals surface area contributed by atoms with Gasteiger partial charge in [-0.1, -0.05) is 19.8 Å². The fraction of sp³-hybridized carbons (Fsp3) is 0.611. The first-order valence-corrected chi connectivity index (χ1v) is 8.22. The van der Waals surface area contributed by atoms with E-state index in [4.69, 9.17) is 4.74 Å². The van der Waals surface area contributed by atoms with E-state index in [0.717, 1.165) is 43.0 Å². The summed E-state index contributed by atoms with van der Waals surface area (Å²) >= 11 is 0. The van der Waals surface area contributed by atoms with Gasteiger partial charge in [-0.2, -0.15) is 0 Å². The third-order valence-corrected chi connectivity index (χ3v) is 4.93. The van der Waals surface area contributed by atoms with Crippen LogP contribution < -0.4 is 10.1 Å². The van der Waals surface area contributed by atoms with E-state index in [1.165, 1.54) is 31.2 Å². The zero-order valence-electron chi connectivity index (χ0n) is 12.8. The van der Waals surface area contributed by atoms with E-state index >= 15 is 0 Å². The summed E-state index contributed by atoms with van der Waals surface area (Å²) in [4.78, 5) is 11.1. The van der Waals surface area contributed by atoms with Gasteiger partial charge < -0.3 is 10.1 Å². The monoisotopic (exact) mass is 287 g/mol. The predicted molar refractivity (Wildman–Crippen MR) is 84.1 cm³/mol. The molecule has 21 heavy (non-hydrogen) atoms. The Morgan fingerprint density at radius 3 is 2.67 bits per heavy atom. The molecule has 114 valence electrons. The van der Waals surface area contributed by atoms with Gasteiger partial charge in [0.1, 0.15) is 18.1 Å². The summed E-state index contributed by atoms with van der Waals surface area (Å²) in [6.45, 7) is 4.30. The number of rotatable bonds is 4. The molecule has 1 aliphatic carbocycles. The summed E-state index contributed by atoms with van der Waals surface area (Å²) in [5.74, 6) is 2.37. The predicted octanol–water partition coefficient (Wildman–Crippen LogP) is 3.53. The van der Waals surface area contributed by atoms with Gasteiger partial charge in [0.2, 0.25) is 0 Å². The van der Waals surface area contributed by atoms with Crippen LogP contribution in [0.4, 0.5) is 0 Å². The second kappa shape index (κ2) is 6.61. The van der Waals surface area contributed by atoms with Gasteiger partial charge in [-0.15, -0.1) is 0 Å². The molecule has 1 aromatic carbocycles. The van der Waals surface area contributed by atoms with Crippen molar-refractivity contribution in [2.45, 2.75) is 51.0 Å². The summed E-state index contributed by atoms with van der Waals surface area (Å²) in [6, 6.07) is 5.92. The molecule has 1 saturated heterocycles. The minimum atomic E-state index is 0.272. The number of hydrogen-bond donors (Lipinski definition) is 1. The molecule has 3 heteroatoms. The van der Waals surface area contributed by atoms with Gasteiger partial charge in [0.15, 0.2) is 0 Å². The van der Waals surface area contributed by atoms with Crippen LogP contribution in [0.5, 0.6) is 5.75 Å². The maximum absolute atomic E-state index is 11.1. The van der Waals surface area contributed by atoms with Crippen molar-refractivity contribution in [3.05, 3.63) is 29.3 Å². The number of benzene rings is 1. The minimum absolute atomic E-state index is 0.272. The van der Waals surface area contributed by atoms with E-state index in [1.54, 1.807) is 0 Å². The first kappa shape index (κ1) is 14.6. The zero-order valence-corrected chi connectivity index (χ0v) is 12.8. The van der Waals surface area contributed by atoms with Gasteiger partial charge in [0.25, 0.3) is 0 Å². The zero-order chi connectivity index (χ0) is 14.7. The molecule has 0 aromatic heterocycles. The van der Waals surface area contributed by atoms with Crippen LogP contribution in [0.2, 0.25) is 0 Å². The number of aldehydes is 1. The summed E-state index contributed by atoms with van der Waals surface area (Å²) in [5.41, 5.74) is 2.01. The highest BCUT2D eigenvalue weighted by Gasteiger charge is 2.24. The lowest BCUT2D eigenvalue weighted by molar-refractivity contribution is 0.112. The lowest BCUT2D eigenvalue weighted by atomic mass is 9.79. The molecular formula is C18H25NO2. The fourth-order valence-corrected chi connectivity index (χ4v) is 3.55. The van der Waals surface area contributed by atoms with E-state index in [2.05, 4.69) is 12.2 Å². The topological polar surface area (TPSA) is 38.3 Å². The van der Waals surface area contributed by atoms with Crippen molar-refractivity contribution in [2.24, 2.45) is 5.92 Å². The van der Waals surface area contributed by atoms with Gasteiger partial charge >= 0.3 is 0 Å². The van der Waals surface area contributed by atoms with Crippen LogP contribution >= 0.6 is 0 Å². The lowest BCUT2D eigenvalue weighted by Crippen LogP contribution is -2.21. The summed E-state index contributed by atoms with van der Waals surface area (Å²) in [7, 11) is 0. The van der Waals surface area contributed by atoms with Crippen LogP contribution in [0.15, 0.2) is 18.2 Å². The molecule has 1 aromatic rings. The summed E-state index contributed by atoms with van der Waals surface area (Å²) < 4.78 is 6.21. The molecule has 3 nitrogen and oxygen atoms in total.